The predicted molar refractivity (Wildman–Crippen MR) is 46.9 cm³/mol. The van der Waals surface area contributed by atoms with E-state index in [1.807, 2.05) is 18.4 Å². The third-order valence-corrected chi connectivity index (χ3v) is 2.06. The number of hydrogen-bond donors (Lipinski definition) is 1. The van der Waals surface area contributed by atoms with Crippen LogP contribution in [0.2, 0.25) is 0 Å². The van der Waals surface area contributed by atoms with Crippen LogP contribution in [0.5, 0.6) is 0 Å². The number of hydrogen-bond acceptors (Lipinski definition) is 2. The van der Waals surface area contributed by atoms with Crippen molar-refractivity contribution in [2.75, 3.05) is 6.61 Å². The molecule has 1 radical (unpaired) electrons. The topological polar surface area (TPSA) is 38.0 Å². The second-order valence-corrected chi connectivity index (χ2v) is 2.96. The van der Waals surface area contributed by atoms with Crippen LogP contribution in [0.25, 0.3) is 0 Å². The number of rotatable bonds is 4. The zero-order valence-electron chi connectivity index (χ0n) is 7.67. The van der Waals surface area contributed by atoms with Crippen molar-refractivity contribution in [1.29, 1.82) is 0 Å². The summed E-state index contributed by atoms with van der Waals surface area (Å²) in [5.41, 5.74) is 2.21. The molecular weight excluding hydrogens is 152 g/mol. The van der Waals surface area contributed by atoms with Crippen LogP contribution in [0.15, 0.2) is 0 Å². The molecule has 0 atom stereocenters. The molecular formula is C9H15N2O. The Morgan fingerprint density at radius 1 is 1.42 bits per heavy atom. The molecule has 1 rings (SSSR count). The number of aryl methyl sites for hydroxylation is 2. The lowest BCUT2D eigenvalue weighted by molar-refractivity contribution is 0.281. The first kappa shape index (κ1) is 9.26. The summed E-state index contributed by atoms with van der Waals surface area (Å²) in [5, 5.41) is 8.58. The smallest absolute Gasteiger partial charge is 0.176 e. The van der Waals surface area contributed by atoms with Gasteiger partial charge in [-0.1, -0.05) is 0 Å². The van der Waals surface area contributed by atoms with Crippen molar-refractivity contribution in [2.45, 2.75) is 33.2 Å². The van der Waals surface area contributed by atoms with Gasteiger partial charge >= 0.3 is 0 Å². The van der Waals surface area contributed by atoms with E-state index in [0.29, 0.717) is 0 Å². The van der Waals surface area contributed by atoms with Crippen LogP contribution in [-0.4, -0.2) is 21.3 Å². The van der Waals surface area contributed by atoms with Crippen molar-refractivity contribution in [3.8, 4) is 0 Å². The van der Waals surface area contributed by atoms with Crippen LogP contribution in [0.1, 0.15) is 24.2 Å². The van der Waals surface area contributed by atoms with E-state index in [1.165, 1.54) is 5.69 Å². The van der Waals surface area contributed by atoms with Crippen molar-refractivity contribution in [3.05, 3.63) is 17.7 Å². The van der Waals surface area contributed by atoms with Gasteiger partial charge in [0.25, 0.3) is 0 Å². The summed E-state index contributed by atoms with van der Waals surface area (Å²) in [5.74, 6) is 0. The third kappa shape index (κ3) is 2.08. The Morgan fingerprint density at radius 3 is 2.67 bits per heavy atom. The van der Waals surface area contributed by atoms with Crippen LogP contribution in [0.3, 0.4) is 0 Å². The zero-order chi connectivity index (χ0) is 8.97. The van der Waals surface area contributed by atoms with E-state index in [4.69, 9.17) is 5.11 Å². The van der Waals surface area contributed by atoms with Crippen molar-refractivity contribution in [1.82, 2.24) is 9.55 Å². The van der Waals surface area contributed by atoms with Gasteiger partial charge < -0.3 is 9.67 Å². The molecule has 3 nitrogen and oxygen atoms in total. The number of imidazole rings is 1. The van der Waals surface area contributed by atoms with E-state index in [9.17, 15) is 0 Å². The second-order valence-electron chi connectivity index (χ2n) is 2.96. The van der Waals surface area contributed by atoms with Gasteiger partial charge in [0.2, 0.25) is 0 Å². The average Bonchev–Trinajstić information content (AvgIpc) is 2.36. The number of unbranched alkanes of at least 4 members (excludes halogenated alkanes) is 1. The third-order valence-electron chi connectivity index (χ3n) is 2.06. The van der Waals surface area contributed by atoms with Crippen LogP contribution in [0.4, 0.5) is 0 Å². The maximum atomic E-state index is 8.58. The predicted octanol–water partition coefficient (Wildman–Crippen LogP) is 1.07. The molecule has 1 aromatic heterocycles. The summed E-state index contributed by atoms with van der Waals surface area (Å²) < 4.78 is 2.00. The van der Waals surface area contributed by atoms with Crippen LogP contribution < -0.4 is 0 Å². The Bertz CT molecular complexity index is 243. The summed E-state index contributed by atoms with van der Waals surface area (Å²) in [7, 11) is 0. The monoisotopic (exact) mass is 167 g/mol. The summed E-state index contributed by atoms with van der Waals surface area (Å²) in [4.78, 5) is 4.07. The fourth-order valence-electron chi connectivity index (χ4n) is 1.09. The van der Waals surface area contributed by atoms with Gasteiger partial charge in [0.1, 0.15) is 0 Å². The zero-order valence-corrected chi connectivity index (χ0v) is 7.67. The molecule has 0 aromatic carbocycles. The minimum atomic E-state index is 0.271. The molecule has 67 valence electrons. The van der Waals surface area contributed by atoms with Crippen LogP contribution in [-0.2, 0) is 6.54 Å². The highest BCUT2D eigenvalue weighted by atomic mass is 16.2. The molecule has 1 N–H and O–H groups in total. The molecule has 12 heavy (non-hydrogen) atoms. The summed E-state index contributed by atoms with van der Waals surface area (Å²) >= 11 is 0. The second kappa shape index (κ2) is 4.26. The van der Waals surface area contributed by atoms with Crippen molar-refractivity contribution < 1.29 is 5.11 Å². The summed E-state index contributed by atoms with van der Waals surface area (Å²) in [6.45, 7) is 5.20. The summed E-state index contributed by atoms with van der Waals surface area (Å²) in [6, 6.07) is 0. The molecule has 0 unspecified atom stereocenters. The van der Waals surface area contributed by atoms with Gasteiger partial charge in [0.15, 0.2) is 6.33 Å². The molecule has 0 aliphatic heterocycles. The van der Waals surface area contributed by atoms with Gasteiger partial charge in [-0.05, 0) is 26.7 Å². The fraction of sp³-hybridized carbons (Fsp3) is 0.667. The standard InChI is InChI=1S/C9H15N2O/c1-8-9(2)11(7-10-8)5-3-4-6-12/h12H,3-6H2,1-2H3. The highest BCUT2D eigenvalue weighted by molar-refractivity contribution is 5.07. The van der Waals surface area contributed by atoms with Gasteiger partial charge in [-0.2, -0.15) is 0 Å². The van der Waals surface area contributed by atoms with Crippen LogP contribution in [0, 0.1) is 20.2 Å². The Morgan fingerprint density at radius 2 is 2.17 bits per heavy atom. The Hall–Kier alpha value is -0.830. The van der Waals surface area contributed by atoms with E-state index >= 15 is 0 Å². The van der Waals surface area contributed by atoms with Crippen molar-refractivity contribution in [3.63, 3.8) is 0 Å². The van der Waals surface area contributed by atoms with E-state index in [0.717, 1.165) is 25.1 Å². The van der Waals surface area contributed by atoms with Crippen LogP contribution >= 0.6 is 0 Å². The van der Waals surface area contributed by atoms with Gasteiger partial charge in [-0.3, -0.25) is 0 Å². The van der Waals surface area contributed by atoms with E-state index in [-0.39, 0.29) is 6.61 Å². The molecule has 0 fully saturated rings. The quantitative estimate of drug-likeness (QED) is 0.681. The first-order valence-corrected chi connectivity index (χ1v) is 4.28. The number of aromatic nitrogens is 2. The van der Waals surface area contributed by atoms with Gasteiger partial charge in [0.05, 0.1) is 5.69 Å². The minimum Gasteiger partial charge on any atom is -0.396 e. The van der Waals surface area contributed by atoms with Crippen molar-refractivity contribution >= 4 is 0 Å². The SMILES string of the molecule is Cc1n[c]n(CCCCO)c1C. The molecule has 3 heteroatoms. The lowest BCUT2D eigenvalue weighted by Crippen LogP contribution is -2.00. The molecule has 0 aliphatic rings. The van der Waals surface area contributed by atoms with E-state index in [2.05, 4.69) is 11.3 Å². The first-order valence-electron chi connectivity index (χ1n) is 4.28. The molecule has 0 saturated carbocycles. The fourth-order valence-corrected chi connectivity index (χ4v) is 1.09. The van der Waals surface area contributed by atoms with E-state index in [1.54, 1.807) is 0 Å². The molecule has 1 aromatic rings. The number of nitrogens with zero attached hydrogens (tertiary/aromatic N) is 2. The molecule has 0 amide bonds. The average molecular weight is 167 g/mol. The maximum absolute atomic E-state index is 8.58. The summed E-state index contributed by atoms with van der Waals surface area (Å²) in [6.07, 6.45) is 4.76. The lowest BCUT2D eigenvalue weighted by Gasteiger charge is -2.02. The first-order chi connectivity index (χ1) is 5.75. The molecule has 0 aliphatic carbocycles. The van der Waals surface area contributed by atoms with Crippen molar-refractivity contribution in [2.24, 2.45) is 0 Å². The lowest BCUT2D eigenvalue weighted by atomic mass is 10.3. The highest BCUT2D eigenvalue weighted by Crippen LogP contribution is 2.04. The normalized spacial score (nSPS) is 10.6. The molecule has 0 bridgehead atoms. The highest BCUT2D eigenvalue weighted by Gasteiger charge is 2.00. The Kier molecular flexibility index (Phi) is 3.29. The molecule has 1 heterocycles. The Balaban J connectivity index is 2.46. The number of aliphatic hydroxyl groups is 1. The van der Waals surface area contributed by atoms with Gasteiger partial charge in [-0.15, -0.1) is 0 Å². The van der Waals surface area contributed by atoms with Gasteiger partial charge in [-0.25, -0.2) is 4.98 Å². The largest absolute Gasteiger partial charge is 0.396 e. The number of aliphatic hydroxyl groups excluding tert-OH is 1. The maximum Gasteiger partial charge on any atom is 0.176 e. The Labute approximate surface area is 73.1 Å². The molecule has 0 saturated heterocycles. The van der Waals surface area contributed by atoms with Gasteiger partial charge in [0, 0.05) is 18.8 Å². The van der Waals surface area contributed by atoms with E-state index < -0.39 is 0 Å². The molecule has 0 spiro atoms. The minimum absolute atomic E-state index is 0.271.